The van der Waals surface area contributed by atoms with Gasteiger partial charge in [0.25, 0.3) is 0 Å². The quantitative estimate of drug-likeness (QED) is 0.722. The number of allylic oxidation sites excluding steroid dienone is 2. The van der Waals surface area contributed by atoms with Gasteiger partial charge in [0.2, 0.25) is 0 Å². The predicted octanol–water partition coefficient (Wildman–Crippen LogP) is 4.01. The lowest BCUT2D eigenvalue weighted by atomic mass is 9.98. The standard InChI is InChI=1S/C16H8ClF3N4/c17-10-5-8(16(18,19)20)7-24-14(10)9(6-21)13-15(24)23-12-4-2-1-3-11(12)22-13/h1-5,7,9,14H. The minimum Gasteiger partial charge on any atom is -0.321 e. The van der Waals surface area contributed by atoms with E-state index in [1.165, 1.54) is 4.90 Å². The maximum atomic E-state index is 13.1. The van der Waals surface area contributed by atoms with E-state index < -0.39 is 23.7 Å². The predicted molar refractivity (Wildman–Crippen MR) is 82.2 cm³/mol. The second-order valence-electron chi connectivity index (χ2n) is 5.49. The minimum atomic E-state index is -4.54. The Bertz CT molecular complexity index is 958. The van der Waals surface area contributed by atoms with Crippen molar-refractivity contribution in [2.24, 2.45) is 0 Å². The molecule has 2 aromatic rings. The highest BCUT2D eigenvalue weighted by molar-refractivity contribution is 6.31. The number of nitrogens with zero attached hydrogens (tertiary/aromatic N) is 4. The van der Waals surface area contributed by atoms with Gasteiger partial charge in [-0.2, -0.15) is 18.4 Å². The Labute approximate surface area is 139 Å². The first-order valence-corrected chi connectivity index (χ1v) is 7.38. The van der Waals surface area contributed by atoms with Crippen molar-refractivity contribution < 1.29 is 13.2 Å². The SMILES string of the molecule is N#CC1c2nc3ccccc3nc2N2C=C(C(F)(F)F)C=C(Cl)C12. The van der Waals surface area contributed by atoms with Gasteiger partial charge >= 0.3 is 6.18 Å². The molecule has 1 aromatic heterocycles. The zero-order valence-corrected chi connectivity index (χ0v) is 12.7. The van der Waals surface area contributed by atoms with E-state index in [0.717, 1.165) is 12.3 Å². The summed E-state index contributed by atoms with van der Waals surface area (Å²) in [5.74, 6) is -0.551. The molecule has 1 aromatic carbocycles. The van der Waals surface area contributed by atoms with Crippen molar-refractivity contribution in [3.05, 3.63) is 52.8 Å². The van der Waals surface area contributed by atoms with E-state index >= 15 is 0 Å². The number of alkyl halides is 3. The van der Waals surface area contributed by atoms with Crippen molar-refractivity contribution in [1.29, 1.82) is 5.26 Å². The van der Waals surface area contributed by atoms with E-state index in [1.807, 2.05) is 0 Å². The van der Waals surface area contributed by atoms with Crippen LogP contribution in [0.1, 0.15) is 11.6 Å². The summed E-state index contributed by atoms with van der Waals surface area (Å²) in [5.41, 5.74) is 0.577. The molecule has 0 amide bonds. The molecule has 3 heterocycles. The Morgan fingerprint density at radius 2 is 1.83 bits per heavy atom. The largest absolute Gasteiger partial charge is 0.417 e. The summed E-state index contributed by atoms with van der Waals surface area (Å²) in [5, 5.41) is 9.44. The van der Waals surface area contributed by atoms with E-state index in [1.54, 1.807) is 24.3 Å². The number of anilines is 1. The summed E-state index contributed by atoms with van der Waals surface area (Å²) in [7, 11) is 0. The molecule has 2 unspecified atom stereocenters. The molecule has 0 radical (unpaired) electrons. The summed E-state index contributed by atoms with van der Waals surface area (Å²) in [4.78, 5) is 10.1. The fraction of sp³-hybridized carbons (Fsp3) is 0.188. The van der Waals surface area contributed by atoms with E-state index in [4.69, 9.17) is 11.6 Å². The molecule has 8 heteroatoms. The number of nitriles is 1. The van der Waals surface area contributed by atoms with E-state index in [2.05, 4.69) is 16.0 Å². The average Bonchev–Trinajstić information content (AvgIpc) is 2.85. The molecule has 4 rings (SSSR count). The minimum absolute atomic E-state index is 0.0553. The molecule has 120 valence electrons. The van der Waals surface area contributed by atoms with Crippen molar-refractivity contribution in [2.75, 3.05) is 4.90 Å². The first-order chi connectivity index (χ1) is 11.4. The Morgan fingerprint density at radius 1 is 1.17 bits per heavy atom. The number of rotatable bonds is 0. The van der Waals surface area contributed by atoms with Crippen LogP contribution in [0.5, 0.6) is 0 Å². The van der Waals surface area contributed by atoms with Crippen LogP contribution in [-0.2, 0) is 0 Å². The summed E-state index contributed by atoms with van der Waals surface area (Å²) >= 11 is 6.09. The Hall–Kier alpha value is -2.59. The molecule has 0 N–H and O–H groups in total. The zero-order valence-electron chi connectivity index (χ0n) is 11.9. The molecule has 0 fully saturated rings. The first kappa shape index (κ1) is 15.0. The van der Waals surface area contributed by atoms with Gasteiger partial charge in [0.05, 0.1) is 28.7 Å². The van der Waals surface area contributed by atoms with Gasteiger partial charge in [-0.05, 0) is 18.2 Å². The smallest absolute Gasteiger partial charge is 0.321 e. The summed E-state index contributed by atoms with van der Waals surface area (Å²) in [6.45, 7) is 0. The van der Waals surface area contributed by atoms with Gasteiger partial charge in [-0.1, -0.05) is 23.7 Å². The Kier molecular flexibility index (Phi) is 3.09. The third-order valence-corrected chi connectivity index (χ3v) is 4.39. The molecule has 2 atom stereocenters. The molecular formula is C16H8ClF3N4. The number of para-hydroxylation sites is 2. The van der Waals surface area contributed by atoms with Gasteiger partial charge in [-0.3, -0.25) is 0 Å². The molecule has 2 aliphatic heterocycles. The number of hydrogen-bond acceptors (Lipinski definition) is 4. The van der Waals surface area contributed by atoms with Gasteiger partial charge in [-0.25, -0.2) is 9.97 Å². The maximum Gasteiger partial charge on any atom is 0.417 e. The van der Waals surface area contributed by atoms with Crippen LogP contribution in [0, 0.1) is 11.3 Å². The van der Waals surface area contributed by atoms with Gasteiger partial charge in [0.15, 0.2) is 5.82 Å². The Morgan fingerprint density at radius 3 is 2.46 bits per heavy atom. The van der Waals surface area contributed by atoms with Crippen molar-refractivity contribution >= 4 is 28.5 Å². The lowest BCUT2D eigenvalue weighted by Gasteiger charge is -2.29. The van der Waals surface area contributed by atoms with Gasteiger partial charge in [0.1, 0.15) is 11.6 Å². The lowest BCUT2D eigenvalue weighted by molar-refractivity contribution is -0.0886. The average molecular weight is 349 g/mol. The molecule has 0 saturated carbocycles. The third kappa shape index (κ3) is 2.07. The van der Waals surface area contributed by atoms with Crippen molar-refractivity contribution in [2.45, 2.75) is 18.1 Å². The highest BCUT2D eigenvalue weighted by Crippen LogP contribution is 2.47. The number of benzene rings is 1. The van der Waals surface area contributed by atoms with Crippen LogP contribution >= 0.6 is 11.6 Å². The molecule has 24 heavy (non-hydrogen) atoms. The maximum absolute atomic E-state index is 13.1. The van der Waals surface area contributed by atoms with Gasteiger partial charge in [-0.15, -0.1) is 0 Å². The Balaban J connectivity index is 1.96. The van der Waals surface area contributed by atoms with E-state index in [-0.39, 0.29) is 10.9 Å². The van der Waals surface area contributed by atoms with Crippen LogP contribution in [0.25, 0.3) is 11.0 Å². The lowest BCUT2D eigenvalue weighted by Crippen LogP contribution is -2.34. The summed E-state index contributed by atoms with van der Waals surface area (Å²) < 4.78 is 39.2. The zero-order chi connectivity index (χ0) is 17.1. The summed E-state index contributed by atoms with van der Waals surface area (Å²) in [6.07, 6.45) is -2.74. The van der Waals surface area contributed by atoms with Crippen LogP contribution in [-0.4, -0.2) is 22.2 Å². The number of hydrogen-bond donors (Lipinski definition) is 0. The molecule has 0 spiro atoms. The number of fused-ring (bicyclic) bond motifs is 4. The van der Waals surface area contributed by atoms with Crippen LogP contribution in [0.4, 0.5) is 19.0 Å². The van der Waals surface area contributed by atoms with Crippen molar-refractivity contribution in [1.82, 2.24) is 9.97 Å². The highest BCUT2D eigenvalue weighted by atomic mass is 35.5. The monoisotopic (exact) mass is 348 g/mol. The van der Waals surface area contributed by atoms with Gasteiger partial charge in [0, 0.05) is 11.2 Å². The van der Waals surface area contributed by atoms with Crippen LogP contribution in [0.15, 0.2) is 47.1 Å². The fourth-order valence-electron chi connectivity index (χ4n) is 2.99. The molecular weight excluding hydrogens is 341 g/mol. The van der Waals surface area contributed by atoms with Crippen LogP contribution < -0.4 is 4.90 Å². The normalized spacial score (nSPS) is 22.5. The molecule has 2 aliphatic rings. The number of aromatic nitrogens is 2. The van der Waals surface area contributed by atoms with Crippen LogP contribution in [0.2, 0.25) is 0 Å². The topological polar surface area (TPSA) is 52.8 Å². The second-order valence-corrected chi connectivity index (χ2v) is 5.93. The van der Waals surface area contributed by atoms with E-state index in [0.29, 0.717) is 16.7 Å². The third-order valence-electron chi connectivity index (χ3n) is 4.05. The fourth-order valence-corrected chi connectivity index (χ4v) is 3.33. The van der Waals surface area contributed by atoms with E-state index in [9.17, 15) is 18.4 Å². The molecule has 0 aliphatic carbocycles. The van der Waals surface area contributed by atoms with Crippen molar-refractivity contribution in [3.63, 3.8) is 0 Å². The second kappa shape index (κ2) is 4.95. The molecule has 0 saturated heterocycles. The number of halogens is 4. The molecule has 4 nitrogen and oxygen atoms in total. The first-order valence-electron chi connectivity index (χ1n) is 7.01. The highest BCUT2D eigenvalue weighted by Gasteiger charge is 2.47. The molecule has 0 bridgehead atoms. The van der Waals surface area contributed by atoms with Crippen LogP contribution in [0.3, 0.4) is 0 Å². The summed E-state index contributed by atoms with van der Waals surface area (Å²) in [6, 6.07) is 8.34. The van der Waals surface area contributed by atoms with Crippen molar-refractivity contribution in [3.8, 4) is 6.07 Å². The van der Waals surface area contributed by atoms with Gasteiger partial charge < -0.3 is 4.90 Å².